The number of rotatable bonds is 8. The lowest BCUT2D eigenvalue weighted by Crippen LogP contribution is -2.25. The van der Waals surface area contributed by atoms with E-state index >= 15 is 0 Å². The van der Waals surface area contributed by atoms with Gasteiger partial charge in [0.25, 0.3) is 5.91 Å². The summed E-state index contributed by atoms with van der Waals surface area (Å²) in [5, 5.41) is 6.18. The van der Waals surface area contributed by atoms with Gasteiger partial charge in [0.2, 0.25) is 0 Å². The van der Waals surface area contributed by atoms with Gasteiger partial charge in [-0.2, -0.15) is 0 Å². The van der Waals surface area contributed by atoms with Crippen molar-refractivity contribution in [1.29, 1.82) is 0 Å². The normalized spacial score (nSPS) is 10.2. The van der Waals surface area contributed by atoms with E-state index in [2.05, 4.69) is 39.9 Å². The number of aromatic nitrogens is 1. The molecule has 2 rings (SSSR count). The van der Waals surface area contributed by atoms with Crippen LogP contribution in [0.15, 0.2) is 48.7 Å². The van der Waals surface area contributed by atoms with E-state index in [1.54, 1.807) is 12.3 Å². The van der Waals surface area contributed by atoms with E-state index in [9.17, 15) is 4.79 Å². The van der Waals surface area contributed by atoms with Gasteiger partial charge >= 0.3 is 0 Å². The van der Waals surface area contributed by atoms with Gasteiger partial charge in [-0.1, -0.05) is 37.3 Å². The summed E-state index contributed by atoms with van der Waals surface area (Å²) in [6.45, 7) is 3.57. The third-order valence-corrected chi connectivity index (χ3v) is 3.34. The first kappa shape index (κ1) is 16.0. The maximum absolute atomic E-state index is 11.9. The molecule has 0 radical (unpaired) electrons. The number of carbonyl (C=O) groups is 1. The molecule has 2 aromatic rings. The van der Waals surface area contributed by atoms with E-state index < -0.39 is 0 Å². The van der Waals surface area contributed by atoms with E-state index in [1.165, 1.54) is 5.56 Å². The van der Waals surface area contributed by atoms with Crippen molar-refractivity contribution in [3.8, 4) is 0 Å². The lowest BCUT2D eigenvalue weighted by Gasteiger charge is -2.08. The SMILES string of the molecule is CCCNC(=O)c1cc(NCCCc2ccccc2)ccn1. The highest BCUT2D eigenvalue weighted by atomic mass is 16.1. The van der Waals surface area contributed by atoms with Gasteiger partial charge in [-0.05, 0) is 37.0 Å². The summed E-state index contributed by atoms with van der Waals surface area (Å²) >= 11 is 0. The van der Waals surface area contributed by atoms with Crippen LogP contribution in [-0.4, -0.2) is 24.0 Å². The summed E-state index contributed by atoms with van der Waals surface area (Å²) in [7, 11) is 0. The van der Waals surface area contributed by atoms with Crippen LogP contribution < -0.4 is 10.6 Å². The first-order chi connectivity index (χ1) is 10.8. The smallest absolute Gasteiger partial charge is 0.269 e. The molecule has 0 aliphatic carbocycles. The second-order valence-corrected chi connectivity index (χ2v) is 5.20. The van der Waals surface area contributed by atoms with Crippen LogP contribution in [-0.2, 0) is 6.42 Å². The first-order valence-electron chi connectivity index (χ1n) is 7.81. The molecule has 0 aliphatic heterocycles. The largest absolute Gasteiger partial charge is 0.385 e. The molecule has 4 heteroatoms. The summed E-state index contributed by atoms with van der Waals surface area (Å²) in [5.41, 5.74) is 2.74. The molecule has 0 atom stereocenters. The molecule has 2 N–H and O–H groups in total. The van der Waals surface area contributed by atoms with Crippen LogP contribution in [0, 0.1) is 0 Å². The third kappa shape index (κ3) is 5.20. The number of aryl methyl sites for hydroxylation is 1. The van der Waals surface area contributed by atoms with Crippen LogP contribution in [0.1, 0.15) is 35.8 Å². The fraction of sp³-hybridized carbons (Fsp3) is 0.333. The van der Waals surface area contributed by atoms with Crippen LogP contribution in [0.4, 0.5) is 5.69 Å². The van der Waals surface area contributed by atoms with Crippen LogP contribution in [0.2, 0.25) is 0 Å². The monoisotopic (exact) mass is 297 g/mol. The molecule has 0 saturated carbocycles. The maximum atomic E-state index is 11.9. The van der Waals surface area contributed by atoms with Crippen molar-refractivity contribution in [1.82, 2.24) is 10.3 Å². The van der Waals surface area contributed by atoms with Crippen LogP contribution in [0.5, 0.6) is 0 Å². The number of anilines is 1. The van der Waals surface area contributed by atoms with E-state index in [-0.39, 0.29) is 5.91 Å². The summed E-state index contributed by atoms with van der Waals surface area (Å²) in [4.78, 5) is 16.0. The second kappa shape index (κ2) is 8.82. The Morgan fingerprint density at radius 1 is 1.14 bits per heavy atom. The first-order valence-corrected chi connectivity index (χ1v) is 7.81. The van der Waals surface area contributed by atoms with Gasteiger partial charge < -0.3 is 10.6 Å². The molecule has 0 fully saturated rings. The zero-order valence-electron chi connectivity index (χ0n) is 13.0. The highest BCUT2D eigenvalue weighted by Gasteiger charge is 2.06. The van der Waals surface area contributed by atoms with Gasteiger partial charge in [0.1, 0.15) is 5.69 Å². The molecule has 22 heavy (non-hydrogen) atoms. The number of amides is 1. The van der Waals surface area contributed by atoms with Crippen LogP contribution in [0.25, 0.3) is 0 Å². The van der Waals surface area contributed by atoms with E-state index in [4.69, 9.17) is 0 Å². The van der Waals surface area contributed by atoms with E-state index in [0.717, 1.165) is 31.5 Å². The number of hydrogen-bond donors (Lipinski definition) is 2. The number of benzene rings is 1. The molecule has 1 aromatic heterocycles. The van der Waals surface area contributed by atoms with Crippen molar-refractivity contribution >= 4 is 11.6 Å². The summed E-state index contributed by atoms with van der Waals surface area (Å²) in [6.07, 6.45) is 4.68. The van der Waals surface area contributed by atoms with Crippen molar-refractivity contribution < 1.29 is 4.79 Å². The molecule has 1 aromatic carbocycles. The van der Waals surface area contributed by atoms with Gasteiger partial charge in [0, 0.05) is 25.0 Å². The Kier molecular flexibility index (Phi) is 6.42. The number of nitrogens with zero attached hydrogens (tertiary/aromatic N) is 1. The molecule has 0 bridgehead atoms. The average molecular weight is 297 g/mol. The lowest BCUT2D eigenvalue weighted by molar-refractivity contribution is 0.0949. The highest BCUT2D eigenvalue weighted by molar-refractivity contribution is 5.93. The van der Waals surface area contributed by atoms with Gasteiger partial charge in [0.15, 0.2) is 0 Å². The topological polar surface area (TPSA) is 54.0 Å². The van der Waals surface area contributed by atoms with Crippen molar-refractivity contribution in [3.05, 3.63) is 59.9 Å². The molecule has 0 unspecified atom stereocenters. The number of carbonyl (C=O) groups excluding carboxylic acids is 1. The van der Waals surface area contributed by atoms with E-state index in [0.29, 0.717) is 12.2 Å². The minimum Gasteiger partial charge on any atom is -0.385 e. The van der Waals surface area contributed by atoms with Crippen molar-refractivity contribution in [2.45, 2.75) is 26.2 Å². The van der Waals surface area contributed by atoms with Crippen molar-refractivity contribution in [3.63, 3.8) is 0 Å². The molecule has 0 saturated heterocycles. The minimum absolute atomic E-state index is 0.116. The lowest BCUT2D eigenvalue weighted by atomic mass is 10.1. The quantitative estimate of drug-likeness (QED) is 0.735. The Hall–Kier alpha value is -2.36. The average Bonchev–Trinajstić information content (AvgIpc) is 2.58. The molecular formula is C18H23N3O. The predicted octanol–water partition coefficient (Wildman–Crippen LogP) is 3.27. The predicted molar refractivity (Wildman–Crippen MR) is 90.1 cm³/mol. The molecular weight excluding hydrogens is 274 g/mol. The van der Waals surface area contributed by atoms with Crippen molar-refractivity contribution in [2.75, 3.05) is 18.4 Å². The Morgan fingerprint density at radius 2 is 1.95 bits per heavy atom. The highest BCUT2D eigenvalue weighted by Crippen LogP contribution is 2.09. The molecule has 0 aliphatic rings. The van der Waals surface area contributed by atoms with Crippen LogP contribution in [0.3, 0.4) is 0 Å². The van der Waals surface area contributed by atoms with Gasteiger partial charge in [0.05, 0.1) is 0 Å². The summed E-state index contributed by atoms with van der Waals surface area (Å²) < 4.78 is 0. The zero-order chi connectivity index (χ0) is 15.6. The summed E-state index contributed by atoms with van der Waals surface area (Å²) in [6, 6.07) is 14.1. The molecule has 4 nitrogen and oxygen atoms in total. The molecule has 1 heterocycles. The number of nitrogens with one attached hydrogen (secondary N) is 2. The van der Waals surface area contributed by atoms with Crippen LogP contribution >= 0.6 is 0 Å². The number of pyridine rings is 1. The Labute approximate surface area is 132 Å². The van der Waals surface area contributed by atoms with E-state index in [1.807, 2.05) is 19.1 Å². The molecule has 0 spiro atoms. The van der Waals surface area contributed by atoms with Gasteiger partial charge in [-0.15, -0.1) is 0 Å². The van der Waals surface area contributed by atoms with Gasteiger partial charge in [-0.25, -0.2) is 0 Å². The second-order valence-electron chi connectivity index (χ2n) is 5.20. The summed E-state index contributed by atoms with van der Waals surface area (Å²) in [5.74, 6) is -0.116. The standard InChI is InChI=1S/C18H23N3O/c1-2-11-21-18(22)17-14-16(10-13-20-17)19-12-6-9-15-7-4-3-5-8-15/h3-5,7-8,10,13-14H,2,6,9,11-12H2,1H3,(H,19,20)(H,21,22). The number of hydrogen-bond acceptors (Lipinski definition) is 3. The van der Waals surface area contributed by atoms with Gasteiger partial charge in [-0.3, -0.25) is 9.78 Å². The molecule has 1 amide bonds. The maximum Gasteiger partial charge on any atom is 0.269 e. The Morgan fingerprint density at radius 3 is 2.73 bits per heavy atom. The third-order valence-electron chi connectivity index (χ3n) is 3.34. The fourth-order valence-electron chi connectivity index (χ4n) is 2.16. The van der Waals surface area contributed by atoms with Crippen molar-refractivity contribution in [2.24, 2.45) is 0 Å². The fourth-order valence-corrected chi connectivity index (χ4v) is 2.16. The minimum atomic E-state index is -0.116. The Balaban J connectivity index is 1.79. The zero-order valence-corrected chi connectivity index (χ0v) is 13.0. The Bertz CT molecular complexity index is 584. The molecule has 116 valence electrons.